The van der Waals surface area contributed by atoms with Crippen LogP contribution in [0.3, 0.4) is 0 Å². The molecule has 0 nitrogen and oxygen atoms in total. The summed E-state index contributed by atoms with van der Waals surface area (Å²) in [5.41, 5.74) is 3.63. The molecular formula is C8H12. The van der Waals surface area contributed by atoms with Crippen LogP contribution in [0.2, 0.25) is 0 Å². The van der Waals surface area contributed by atoms with Gasteiger partial charge in [0, 0.05) is 0 Å². The van der Waals surface area contributed by atoms with Crippen molar-refractivity contribution in [2.24, 2.45) is 5.92 Å². The van der Waals surface area contributed by atoms with E-state index >= 15 is 0 Å². The molecule has 0 heteroatoms. The van der Waals surface area contributed by atoms with Gasteiger partial charge in [0.15, 0.2) is 0 Å². The zero-order chi connectivity index (χ0) is 5.56. The lowest BCUT2D eigenvalue weighted by Gasteiger charge is -1.77. The molecule has 8 heavy (non-hydrogen) atoms. The van der Waals surface area contributed by atoms with E-state index in [9.17, 15) is 0 Å². The average Bonchev–Trinajstić information content (AvgIpc) is 2.62. The first-order valence-corrected chi connectivity index (χ1v) is 3.62. The molecule has 1 unspecified atom stereocenters. The van der Waals surface area contributed by atoms with Crippen molar-refractivity contribution >= 4 is 0 Å². The summed E-state index contributed by atoms with van der Waals surface area (Å²) in [5.74, 6) is 1.03. The highest BCUT2D eigenvalue weighted by atomic mass is 14.4. The van der Waals surface area contributed by atoms with Crippen molar-refractivity contribution in [3.05, 3.63) is 11.1 Å². The Morgan fingerprint density at radius 1 is 1.50 bits per heavy atom. The highest BCUT2D eigenvalue weighted by molar-refractivity contribution is 5.36. The Balaban J connectivity index is 2.05. The Labute approximate surface area is 50.6 Å². The summed E-state index contributed by atoms with van der Waals surface area (Å²) >= 11 is 0. The van der Waals surface area contributed by atoms with Crippen LogP contribution in [-0.2, 0) is 0 Å². The van der Waals surface area contributed by atoms with Crippen molar-refractivity contribution < 1.29 is 0 Å². The van der Waals surface area contributed by atoms with E-state index in [0.717, 1.165) is 5.92 Å². The molecule has 0 spiro atoms. The van der Waals surface area contributed by atoms with Gasteiger partial charge in [-0.1, -0.05) is 18.1 Å². The molecule has 2 aliphatic rings. The van der Waals surface area contributed by atoms with Crippen molar-refractivity contribution in [1.29, 1.82) is 0 Å². The summed E-state index contributed by atoms with van der Waals surface area (Å²) in [6.07, 6.45) is 5.71. The normalized spacial score (nSPS) is 33.4. The molecule has 0 radical (unpaired) electrons. The van der Waals surface area contributed by atoms with E-state index < -0.39 is 0 Å². The van der Waals surface area contributed by atoms with Gasteiger partial charge in [-0.15, -0.1) is 0 Å². The van der Waals surface area contributed by atoms with Crippen molar-refractivity contribution in [2.75, 3.05) is 0 Å². The second kappa shape index (κ2) is 1.37. The summed E-state index contributed by atoms with van der Waals surface area (Å²) in [6, 6.07) is 0. The van der Waals surface area contributed by atoms with Crippen molar-refractivity contribution in [1.82, 2.24) is 0 Å². The first-order chi connectivity index (χ1) is 3.92. The molecule has 0 aromatic heterocycles. The molecule has 44 valence electrons. The topological polar surface area (TPSA) is 0 Å². The van der Waals surface area contributed by atoms with Crippen molar-refractivity contribution in [3.8, 4) is 0 Å². The fourth-order valence-corrected chi connectivity index (χ4v) is 1.41. The molecule has 2 fully saturated rings. The molecular weight excluding hydrogens is 96.1 g/mol. The third-order valence-electron chi connectivity index (χ3n) is 2.25. The second-order valence-electron chi connectivity index (χ2n) is 2.94. The van der Waals surface area contributed by atoms with Gasteiger partial charge in [-0.25, -0.2) is 0 Å². The summed E-state index contributed by atoms with van der Waals surface area (Å²) in [7, 11) is 0. The average molecular weight is 108 g/mol. The Kier molecular flexibility index (Phi) is 0.787. The molecule has 2 rings (SSSR count). The molecule has 0 aromatic carbocycles. The van der Waals surface area contributed by atoms with Crippen LogP contribution in [0.4, 0.5) is 0 Å². The molecule has 1 atom stereocenters. The molecule has 0 amide bonds. The third-order valence-corrected chi connectivity index (χ3v) is 2.25. The predicted octanol–water partition coefficient (Wildman–Crippen LogP) is 2.51. The highest BCUT2D eigenvalue weighted by Gasteiger charge is 2.33. The number of hydrogen-bond donors (Lipinski definition) is 0. The van der Waals surface area contributed by atoms with Crippen LogP contribution in [0.5, 0.6) is 0 Å². The van der Waals surface area contributed by atoms with E-state index in [-0.39, 0.29) is 0 Å². The van der Waals surface area contributed by atoms with E-state index in [2.05, 4.69) is 6.92 Å². The van der Waals surface area contributed by atoms with Crippen molar-refractivity contribution in [2.45, 2.75) is 32.6 Å². The number of rotatable bonds is 1. The second-order valence-corrected chi connectivity index (χ2v) is 2.94. The lowest BCUT2D eigenvalue weighted by atomic mass is 10.3. The minimum Gasteiger partial charge on any atom is -0.0701 e. The van der Waals surface area contributed by atoms with Crippen LogP contribution in [0.25, 0.3) is 0 Å². The predicted molar refractivity (Wildman–Crippen MR) is 34.7 cm³/mol. The smallest absolute Gasteiger partial charge is 0.0165 e. The maximum absolute atomic E-state index is 2.29. The Bertz CT molecular complexity index is 136. The van der Waals surface area contributed by atoms with Crippen LogP contribution in [-0.4, -0.2) is 0 Å². The molecule has 0 aromatic rings. The van der Waals surface area contributed by atoms with E-state index in [1.165, 1.54) is 25.7 Å². The summed E-state index contributed by atoms with van der Waals surface area (Å²) in [6.45, 7) is 2.29. The molecule has 0 saturated heterocycles. The molecule has 2 saturated carbocycles. The Morgan fingerprint density at radius 2 is 2.25 bits per heavy atom. The minimum atomic E-state index is 1.03. The quantitative estimate of drug-likeness (QED) is 0.453. The monoisotopic (exact) mass is 108 g/mol. The van der Waals surface area contributed by atoms with Crippen LogP contribution in [0, 0.1) is 5.92 Å². The van der Waals surface area contributed by atoms with Gasteiger partial charge in [0.05, 0.1) is 0 Å². The standard InChI is InChI=1S/C8H12/c1-2-6-5-8(6)7-3-4-7/h6H,2-5H2,1H3. The fourth-order valence-electron chi connectivity index (χ4n) is 1.41. The number of hydrogen-bond acceptors (Lipinski definition) is 0. The van der Waals surface area contributed by atoms with Gasteiger partial charge in [0.25, 0.3) is 0 Å². The SMILES string of the molecule is CCC1CC1=C1CC1. The fraction of sp³-hybridized carbons (Fsp3) is 0.750. The van der Waals surface area contributed by atoms with E-state index in [1.807, 2.05) is 5.57 Å². The molecule has 0 aliphatic heterocycles. The molecule has 0 heterocycles. The van der Waals surface area contributed by atoms with E-state index in [1.54, 1.807) is 5.57 Å². The molecule has 0 bridgehead atoms. The van der Waals surface area contributed by atoms with E-state index in [0.29, 0.717) is 0 Å². The third kappa shape index (κ3) is 0.594. The summed E-state index contributed by atoms with van der Waals surface area (Å²) < 4.78 is 0. The van der Waals surface area contributed by atoms with Gasteiger partial charge in [0.2, 0.25) is 0 Å². The lowest BCUT2D eigenvalue weighted by molar-refractivity contribution is 0.825. The van der Waals surface area contributed by atoms with E-state index in [4.69, 9.17) is 0 Å². The first kappa shape index (κ1) is 4.60. The van der Waals surface area contributed by atoms with Gasteiger partial charge >= 0.3 is 0 Å². The maximum atomic E-state index is 2.29. The summed E-state index contributed by atoms with van der Waals surface area (Å²) in [5, 5.41) is 0. The van der Waals surface area contributed by atoms with Gasteiger partial charge in [-0.2, -0.15) is 0 Å². The first-order valence-electron chi connectivity index (χ1n) is 3.62. The highest BCUT2D eigenvalue weighted by Crippen LogP contribution is 2.49. The van der Waals surface area contributed by atoms with Gasteiger partial charge in [-0.05, 0) is 31.6 Å². The zero-order valence-corrected chi connectivity index (χ0v) is 5.41. The van der Waals surface area contributed by atoms with Crippen LogP contribution < -0.4 is 0 Å². The van der Waals surface area contributed by atoms with Crippen LogP contribution in [0.15, 0.2) is 11.1 Å². The Morgan fingerprint density at radius 3 is 2.62 bits per heavy atom. The molecule has 0 N–H and O–H groups in total. The summed E-state index contributed by atoms with van der Waals surface area (Å²) in [4.78, 5) is 0. The van der Waals surface area contributed by atoms with Crippen molar-refractivity contribution in [3.63, 3.8) is 0 Å². The van der Waals surface area contributed by atoms with Gasteiger partial charge in [-0.3, -0.25) is 0 Å². The lowest BCUT2D eigenvalue weighted by Crippen LogP contribution is -1.63. The number of allylic oxidation sites excluding steroid dienone is 2. The Hall–Kier alpha value is -0.260. The largest absolute Gasteiger partial charge is 0.0701 e. The molecule has 2 aliphatic carbocycles. The minimum absolute atomic E-state index is 1.03. The van der Waals surface area contributed by atoms with Gasteiger partial charge < -0.3 is 0 Å². The zero-order valence-electron chi connectivity index (χ0n) is 5.41. The van der Waals surface area contributed by atoms with Crippen LogP contribution >= 0.6 is 0 Å². The maximum Gasteiger partial charge on any atom is -0.0165 e. The van der Waals surface area contributed by atoms with Crippen LogP contribution in [0.1, 0.15) is 32.6 Å². The van der Waals surface area contributed by atoms with Gasteiger partial charge in [0.1, 0.15) is 0 Å².